The van der Waals surface area contributed by atoms with Crippen LogP contribution < -0.4 is 0 Å². The molecule has 1 amide bonds. The van der Waals surface area contributed by atoms with Crippen LogP contribution in [0.4, 0.5) is 0 Å². The number of aliphatic carboxylic acids is 1. The van der Waals surface area contributed by atoms with Gasteiger partial charge in [-0.2, -0.15) is 0 Å². The molecule has 0 aromatic heterocycles. The molecule has 0 bridgehead atoms. The van der Waals surface area contributed by atoms with Crippen molar-refractivity contribution in [2.45, 2.75) is 51.6 Å². The zero-order valence-corrected chi connectivity index (χ0v) is 11.5. The van der Waals surface area contributed by atoms with E-state index in [4.69, 9.17) is 5.11 Å². The Hall–Kier alpha value is -1.04. The Labute approximate surface area is 111 Å². The van der Waals surface area contributed by atoms with Crippen LogP contribution in [0, 0.1) is 0 Å². The number of rotatable bonds is 4. The van der Waals surface area contributed by atoms with Crippen molar-refractivity contribution in [2.24, 2.45) is 0 Å². The lowest BCUT2D eigenvalue weighted by atomic mass is 9.96. The van der Waals surface area contributed by atoms with E-state index >= 15 is 0 Å². The molecule has 0 aromatic rings. The number of carboxylic acids is 1. The van der Waals surface area contributed by atoms with E-state index in [0.717, 1.165) is 24.6 Å². The standard InChI is InChI=1S/C12H19NO4S/c1-8-4-3-5-10(12(16)17)13(8)11(15)6-7-18-9(2)14/h8,10H,3-7H2,1-2H3,(H,16,17)/t8-,10+/m1/s1. The van der Waals surface area contributed by atoms with Gasteiger partial charge in [-0.3, -0.25) is 9.59 Å². The zero-order chi connectivity index (χ0) is 13.7. The maximum Gasteiger partial charge on any atom is 0.326 e. The molecule has 0 spiro atoms. The monoisotopic (exact) mass is 273 g/mol. The number of hydrogen-bond donors (Lipinski definition) is 1. The molecule has 1 heterocycles. The molecule has 2 atom stereocenters. The van der Waals surface area contributed by atoms with E-state index in [1.165, 1.54) is 11.8 Å². The third kappa shape index (κ3) is 4.01. The highest BCUT2D eigenvalue weighted by Crippen LogP contribution is 2.24. The quantitative estimate of drug-likeness (QED) is 0.840. The zero-order valence-electron chi connectivity index (χ0n) is 10.7. The summed E-state index contributed by atoms with van der Waals surface area (Å²) in [5.41, 5.74) is 0. The second-order valence-corrected chi connectivity index (χ2v) is 5.80. The third-order valence-electron chi connectivity index (χ3n) is 3.10. The highest BCUT2D eigenvalue weighted by Gasteiger charge is 2.35. The number of likely N-dealkylation sites (tertiary alicyclic amines) is 1. The number of piperidine rings is 1. The van der Waals surface area contributed by atoms with E-state index in [-0.39, 0.29) is 23.5 Å². The van der Waals surface area contributed by atoms with Gasteiger partial charge in [0.25, 0.3) is 0 Å². The SMILES string of the molecule is CC(=O)SCCC(=O)N1[C@H](C)CCC[C@H]1C(=O)O. The summed E-state index contributed by atoms with van der Waals surface area (Å²) in [6.07, 6.45) is 2.42. The molecule has 0 unspecified atom stereocenters. The molecule has 18 heavy (non-hydrogen) atoms. The van der Waals surface area contributed by atoms with Gasteiger partial charge in [-0.25, -0.2) is 4.79 Å². The fourth-order valence-electron chi connectivity index (χ4n) is 2.27. The summed E-state index contributed by atoms with van der Waals surface area (Å²) in [7, 11) is 0. The fraction of sp³-hybridized carbons (Fsp3) is 0.750. The number of carbonyl (C=O) groups excluding carboxylic acids is 2. The number of carboxylic acid groups (broad SMARTS) is 1. The molecule has 0 radical (unpaired) electrons. The second kappa shape index (κ2) is 6.78. The van der Waals surface area contributed by atoms with Gasteiger partial charge in [-0.1, -0.05) is 11.8 Å². The molecule has 1 fully saturated rings. The molecule has 0 aromatic carbocycles. The van der Waals surface area contributed by atoms with E-state index < -0.39 is 12.0 Å². The molecular formula is C12H19NO4S. The van der Waals surface area contributed by atoms with Crippen molar-refractivity contribution in [3.05, 3.63) is 0 Å². The smallest absolute Gasteiger partial charge is 0.326 e. The van der Waals surface area contributed by atoms with Gasteiger partial charge < -0.3 is 10.0 Å². The Morgan fingerprint density at radius 3 is 2.56 bits per heavy atom. The van der Waals surface area contributed by atoms with Gasteiger partial charge in [0.1, 0.15) is 6.04 Å². The molecular weight excluding hydrogens is 254 g/mol. The first-order chi connectivity index (χ1) is 8.43. The van der Waals surface area contributed by atoms with Crippen molar-refractivity contribution >= 4 is 28.8 Å². The Morgan fingerprint density at radius 1 is 1.33 bits per heavy atom. The van der Waals surface area contributed by atoms with Crippen LogP contribution in [0.15, 0.2) is 0 Å². The highest BCUT2D eigenvalue weighted by atomic mass is 32.2. The molecule has 5 nitrogen and oxygen atoms in total. The highest BCUT2D eigenvalue weighted by molar-refractivity contribution is 8.13. The van der Waals surface area contributed by atoms with Crippen molar-refractivity contribution in [1.82, 2.24) is 4.90 Å². The lowest BCUT2D eigenvalue weighted by Gasteiger charge is -2.38. The number of hydrogen-bond acceptors (Lipinski definition) is 4. The molecule has 1 aliphatic rings. The number of nitrogens with zero attached hydrogens (tertiary/aromatic N) is 1. The van der Waals surface area contributed by atoms with Crippen LogP contribution in [0.1, 0.15) is 39.5 Å². The minimum Gasteiger partial charge on any atom is -0.480 e. The summed E-state index contributed by atoms with van der Waals surface area (Å²) >= 11 is 1.10. The first kappa shape index (κ1) is 15.0. The first-order valence-corrected chi connectivity index (χ1v) is 7.09. The summed E-state index contributed by atoms with van der Waals surface area (Å²) in [5, 5.41) is 9.11. The number of carbonyl (C=O) groups is 3. The van der Waals surface area contributed by atoms with E-state index in [9.17, 15) is 14.4 Å². The average molecular weight is 273 g/mol. The van der Waals surface area contributed by atoms with Crippen molar-refractivity contribution in [3.63, 3.8) is 0 Å². The van der Waals surface area contributed by atoms with Gasteiger partial charge in [0.15, 0.2) is 5.12 Å². The van der Waals surface area contributed by atoms with Crippen molar-refractivity contribution in [3.8, 4) is 0 Å². The molecule has 1 N–H and O–H groups in total. The average Bonchev–Trinajstić information content (AvgIpc) is 2.27. The lowest BCUT2D eigenvalue weighted by molar-refractivity contribution is -0.154. The van der Waals surface area contributed by atoms with Gasteiger partial charge >= 0.3 is 5.97 Å². The van der Waals surface area contributed by atoms with Crippen LogP contribution in [-0.2, 0) is 14.4 Å². The van der Waals surface area contributed by atoms with Crippen molar-refractivity contribution in [1.29, 1.82) is 0 Å². The van der Waals surface area contributed by atoms with Gasteiger partial charge in [0.2, 0.25) is 5.91 Å². The van der Waals surface area contributed by atoms with Gasteiger partial charge in [0, 0.05) is 25.1 Å². The predicted molar refractivity (Wildman–Crippen MR) is 69.3 cm³/mol. The molecule has 6 heteroatoms. The Kier molecular flexibility index (Phi) is 5.65. The predicted octanol–water partition coefficient (Wildman–Crippen LogP) is 1.51. The summed E-state index contributed by atoms with van der Waals surface area (Å²) in [6.45, 7) is 3.34. The molecule has 1 aliphatic heterocycles. The molecule has 1 saturated heterocycles. The normalized spacial score (nSPS) is 23.8. The van der Waals surface area contributed by atoms with Crippen LogP contribution in [0.5, 0.6) is 0 Å². The summed E-state index contributed by atoms with van der Waals surface area (Å²) in [4.78, 5) is 35.4. The molecule has 0 aliphatic carbocycles. The fourth-order valence-corrected chi connectivity index (χ4v) is 2.83. The van der Waals surface area contributed by atoms with Crippen LogP contribution in [-0.4, -0.2) is 44.8 Å². The summed E-state index contributed by atoms with van der Waals surface area (Å²) in [6, 6.07) is -0.738. The van der Waals surface area contributed by atoms with Crippen LogP contribution in [0.25, 0.3) is 0 Å². The minimum atomic E-state index is -0.936. The Bertz CT molecular complexity index is 345. The topological polar surface area (TPSA) is 74.7 Å². The Balaban J connectivity index is 2.60. The summed E-state index contributed by atoms with van der Waals surface area (Å²) in [5.74, 6) is -0.679. The van der Waals surface area contributed by atoms with Crippen LogP contribution >= 0.6 is 11.8 Å². The van der Waals surface area contributed by atoms with E-state index in [0.29, 0.717) is 12.2 Å². The molecule has 1 rings (SSSR count). The van der Waals surface area contributed by atoms with Crippen molar-refractivity contribution < 1.29 is 19.5 Å². The second-order valence-electron chi connectivity index (χ2n) is 4.53. The van der Waals surface area contributed by atoms with Gasteiger partial charge in [-0.15, -0.1) is 0 Å². The number of thioether (sulfide) groups is 1. The summed E-state index contributed by atoms with van der Waals surface area (Å²) < 4.78 is 0. The minimum absolute atomic E-state index is 0.0238. The van der Waals surface area contributed by atoms with Crippen LogP contribution in [0.3, 0.4) is 0 Å². The first-order valence-electron chi connectivity index (χ1n) is 6.10. The van der Waals surface area contributed by atoms with E-state index in [1.54, 1.807) is 0 Å². The Morgan fingerprint density at radius 2 is 2.00 bits per heavy atom. The van der Waals surface area contributed by atoms with Crippen molar-refractivity contribution in [2.75, 3.05) is 5.75 Å². The molecule has 0 saturated carbocycles. The third-order valence-corrected chi connectivity index (χ3v) is 3.92. The van der Waals surface area contributed by atoms with Gasteiger partial charge in [-0.05, 0) is 26.2 Å². The van der Waals surface area contributed by atoms with E-state index in [2.05, 4.69) is 0 Å². The number of amides is 1. The maximum atomic E-state index is 12.0. The maximum absolute atomic E-state index is 12.0. The molecule has 102 valence electrons. The lowest BCUT2D eigenvalue weighted by Crippen LogP contribution is -2.52. The van der Waals surface area contributed by atoms with E-state index in [1.807, 2.05) is 6.92 Å². The largest absolute Gasteiger partial charge is 0.480 e. The van der Waals surface area contributed by atoms with Crippen LogP contribution in [0.2, 0.25) is 0 Å². The van der Waals surface area contributed by atoms with Gasteiger partial charge in [0.05, 0.1) is 0 Å².